The highest BCUT2D eigenvalue weighted by atomic mass is 16.2. The number of nitrogens with one attached hydrogen (secondary N) is 2. The zero-order valence-corrected chi connectivity index (χ0v) is 13.9. The van der Waals surface area contributed by atoms with E-state index in [2.05, 4.69) is 43.2 Å². The van der Waals surface area contributed by atoms with Gasteiger partial charge in [0.25, 0.3) is 0 Å². The fourth-order valence-corrected chi connectivity index (χ4v) is 2.79. The zero-order chi connectivity index (χ0) is 15.1. The van der Waals surface area contributed by atoms with Crippen LogP contribution in [-0.2, 0) is 4.79 Å². The molecule has 118 valence electrons. The summed E-state index contributed by atoms with van der Waals surface area (Å²) in [6.07, 6.45) is 3.31. The molecule has 1 saturated heterocycles. The van der Waals surface area contributed by atoms with Crippen molar-refractivity contribution in [1.29, 1.82) is 0 Å². The molecule has 4 nitrogen and oxygen atoms in total. The number of hydrogen-bond acceptors (Lipinski definition) is 3. The van der Waals surface area contributed by atoms with Crippen LogP contribution in [0.25, 0.3) is 0 Å². The van der Waals surface area contributed by atoms with Gasteiger partial charge in [-0.15, -0.1) is 0 Å². The molecule has 0 aromatic heterocycles. The first kappa shape index (κ1) is 17.4. The van der Waals surface area contributed by atoms with Crippen LogP contribution in [0.15, 0.2) is 0 Å². The molecule has 20 heavy (non-hydrogen) atoms. The minimum atomic E-state index is -0.0152. The summed E-state index contributed by atoms with van der Waals surface area (Å²) in [7, 11) is 0. The quantitative estimate of drug-likeness (QED) is 0.751. The van der Waals surface area contributed by atoms with E-state index in [1.807, 2.05) is 6.92 Å². The van der Waals surface area contributed by atoms with Crippen molar-refractivity contribution in [3.05, 3.63) is 0 Å². The Morgan fingerprint density at radius 1 is 1.35 bits per heavy atom. The first-order valence-corrected chi connectivity index (χ1v) is 8.27. The smallest absolute Gasteiger partial charge is 0.237 e. The summed E-state index contributed by atoms with van der Waals surface area (Å²) in [6.45, 7) is 13.8. The molecule has 0 saturated carbocycles. The van der Waals surface area contributed by atoms with Crippen LogP contribution in [0.1, 0.15) is 53.9 Å². The predicted molar refractivity (Wildman–Crippen MR) is 84.8 cm³/mol. The number of nitrogens with zero attached hydrogens (tertiary/aromatic N) is 1. The normalized spacial score (nSPS) is 27.1. The Bertz CT molecular complexity index is 295. The van der Waals surface area contributed by atoms with Crippen molar-refractivity contribution in [2.24, 2.45) is 5.92 Å². The van der Waals surface area contributed by atoms with E-state index in [-0.39, 0.29) is 18.0 Å². The van der Waals surface area contributed by atoms with Gasteiger partial charge >= 0.3 is 0 Å². The second kappa shape index (κ2) is 8.63. The molecule has 4 heteroatoms. The summed E-state index contributed by atoms with van der Waals surface area (Å²) >= 11 is 0. The first-order valence-electron chi connectivity index (χ1n) is 8.27. The van der Waals surface area contributed by atoms with Gasteiger partial charge in [-0.05, 0) is 45.6 Å². The van der Waals surface area contributed by atoms with E-state index in [1.54, 1.807) is 0 Å². The lowest BCUT2D eigenvalue weighted by Gasteiger charge is -2.40. The van der Waals surface area contributed by atoms with Crippen LogP contribution in [-0.4, -0.2) is 48.6 Å². The highest BCUT2D eigenvalue weighted by Crippen LogP contribution is 2.19. The maximum Gasteiger partial charge on any atom is 0.237 e. The minimum Gasteiger partial charge on any atom is -0.352 e. The van der Waals surface area contributed by atoms with Crippen molar-refractivity contribution in [3.63, 3.8) is 0 Å². The summed E-state index contributed by atoms with van der Waals surface area (Å²) in [4.78, 5) is 14.5. The van der Waals surface area contributed by atoms with E-state index in [4.69, 9.17) is 0 Å². The SMILES string of the molecule is CCCNC1CCN(C(C)C(=O)NC(C)CC)CC1C. The number of piperidine rings is 1. The van der Waals surface area contributed by atoms with Gasteiger partial charge in [0.2, 0.25) is 5.91 Å². The molecule has 0 bridgehead atoms. The van der Waals surface area contributed by atoms with Gasteiger partial charge in [0.1, 0.15) is 0 Å². The maximum atomic E-state index is 12.2. The van der Waals surface area contributed by atoms with Crippen LogP contribution in [0.5, 0.6) is 0 Å². The van der Waals surface area contributed by atoms with Crippen molar-refractivity contribution >= 4 is 5.91 Å². The topological polar surface area (TPSA) is 44.4 Å². The summed E-state index contributed by atoms with van der Waals surface area (Å²) in [6, 6.07) is 0.862. The molecule has 4 unspecified atom stereocenters. The van der Waals surface area contributed by atoms with E-state index in [1.165, 1.54) is 6.42 Å². The average Bonchev–Trinajstić information content (AvgIpc) is 2.44. The molecular formula is C16H33N3O. The van der Waals surface area contributed by atoms with E-state index in [9.17, 15) is 4.79 Å². The largest absolute Gasteiger partial charge is 0.352 e. The fraction of sp³-hybridized carbons (Fsp3) is 0.938. The van der Waals surface area contributed by atoms with Crippen LogP contribution >= 0.6 is 0 Å². The number of rotatable bonds is 7. The Labute approximate surface area is 124 Å². The molecule has 1 fully saturated rings. The summed E-state index contributed by atoms with van der Waals surface area (Å²) in [5, 5.41) is 6.71. The number of hydrogen-bond donors (Lipinski definition) is 2. The van der Waals surface area contributed by atoms with Crippen LogP contribution in [0.4, 0.5) is 0 Å². The highest BCUT2D eigenvalue weighted by Gasteiger charge is 2.30. The Hall–Kier alpha value is -0.610. The number of carbonyl (C=O) groups is 1. The molecule has 0 aromatic carbocycles. The molecule has 0 spiro atoms. The number of likely N-dealkylation sites (tertiary alicyclic amines) is 1. The van der Waals surface area contributed by atoms with Gasteiger partial charge in [0.15, 0.2) is 0 Å². The van der Waals surface area contributed by atoms with Crippen LogP contribution < -0.4 is 10.6 Å². The lowest BCUT2D eigenvalue weighted by molar-refractivity contribution is -0.127. The predicted octanol–water partition coefficient (Wildman–Crippen LogP) is 2.00. The Morgan fingerprint density at radius 3 is 2.60 bits per heavy atom. The number of carbonyl (C=O) groups excluding carboxylic acids is 1. The standard InChI is InChI=1S/C16H33N3O/c1-6-9-17-15-8-10-19(11-12(15)3)14(5)16(20)18-13(4)7-2/h12-15,17H,6-11H2,1-5H3,(H,18,20). The average molecular weight is 283 g/mol. The van der Waals surface area contributed by atoms with Crippen molar-refractivity contribution in [2.75, 3.05) is 19.6 Å². The highest BCUT2D eigenvalue weighted by molar-refractivity contribution is 5.81. The van der Waals surface area contributed by atoms with E-state index in [0.717, 1.165) is 32.5 Å². The Morgan fingerprint density at radius 2 is 2.05 bits per heavy atom. The lowest BCUT2D eigenvalue weighted by Crippen LogP contribution is -2.55. The molecule has 0 radical (unpaired) electrons. The van der Waals surface area contributed by atoms with Gasteiger partial charge in [-0.3, -0.25) is 9.69 Å². The van der Waals surface area contributed by atoms with E-state index < -0.39 is 0 Å². The molecule has 1 aliphatic heterocycles. The van der Waals surface area contributed by atoms with Crippen LogP contribution in [0.3, 0.4) is 0 Å². The Kier molecular flexibility index (Phi) is 7.52. The van der Waals surface area contributed by atoms with Crippen molar-refractivity contribution < 1.29 is 4.79 Å². The summed E-state index contributed by atoms with van der Waals surface area (Å²) in [5.74, 6) is 0.778. The summed E-state index contributed by atoms with van der Waals surface area (Å²) in [5.41, 5.74) is 0. The number of amides is 1. The maximum absolute atomic E-state index is 12.2. The summed E-state index contributed by atoms with van der Waals surface area (Å²) < 4.78 is 0. The van der Waals surface area contributed by atoms with Gasteiger partial charge < -0.3 is 10.6 Å². The van der Waals surface area contributed by atoms with Crippen LogP contribution in [0.2, 0.25) is 0 Å². The first-order chi connectivity index (χ1) is 9.49. The monoisotopic (exact) mass is 283 g/mol. The fourth-order valence-electron chi connectivity index (χ4n) is 2.79. The third-order valence-electron chi connectivity index (χ3n) is 4.52. The second-order valence-corrected chi connectivity index (χ2v) is 6.32. The molecule has 0 aromatic rings. The molecule has 1 rings (SSSR count). The van der Waals surface area contributed by atoms with Gasteiger partial charge in [-0.1, -0.05) is 20.8 Å². The minimum absolute atomic E-state index is 0.0152. The molecule has 1 aliphatic rings. The van der Waals surface area contributed by atoms with Gasteiger partial charge in [-0.2, -0.15) is 0 Å². The molecule has 2 N–H and O–H groups in total. The molecule has 1 amide bonds. The third-order valence-corrected chi connectivity index (χ3v) is 4.52. The Balaban J connectivity index is 2.43. The van der Waals surface area contributed by atoms with Crippen molar-refractivity contribution in [1.82, 2.24) is 15.5 Å². The van der Waals surface area contributed by atoms with Gasteiger partial charge in [0, 0.05) is 25.2 Å². The van der Waals surface area contributed by atoms with Crippen LogP contribution in [0, 0.1) is 5.92 Å². The molecule has 1 heterocycles. The molecule has 0 aliphatic carbocycles. The van der Waals surface area contributed by atoms with E-state index in [0.29, 0.717) is 12.0 Å². The molecule has 4 atom stereocenters. The third kappa shape index (κ3) is 5.06. The lowest BCUT2D eigenvalue weighted by atomic mass is 9.92. The van der Waals surface area contributed by atoms with Crippen molar-refractivity contribution in [2.45, 2.75) is 72.0 Å². The van der Waals surface area contributed by atoms with Crippen molar-refractivity contribution in [3.8, 4) is 0 Å². The van der Waals surface area contributed by atoms with E-state index >= 15 is 0 Å². The molecular weight excluding hydrogens is 250 g/mol. The van der Waals surface area contributed by atoms with Gasteiger partial charge in [0.05, 0.1) is 6.04 Å². The van der Waals surface area contributed by atoms with Gasteiger partial charge in [-0.25, -0.2) is 0 Å². The second-order valence-electron chi connectivity index (χ2n) is 6.32. The zero-order valence-electron chi connectivity index (χ0n) is 13.9.